The molecule has 1 aliphatic rings. The second kappa shape index (κ2) is 13.4. The van der Waals surface area contributed by atoms with Gasteiger partial charge in [0.1, 0.15) is 12.1 Å². The van der Waals surface area contributed by atoms with Crippen LogP contribution in [0.1, 0.15) is 22.5 Å². The highest BCUT2D eigenvalue weighted by atomic mass is 19.4. The summed E-state index contributed by atoms with van der Waals surface area (Å²) in [6.45, 7) is 0. The molecule has 8 nitrogen and oxygen atoms in total. The van der Waals surface area contributed by atoms with E-state index in [1.165, 1.54) is 24.3 Å². The first-order valence-corrected chi connectivity index (χ1v) is 17.5. The lowest BCUT2D eigenvalue weighted by Gasteiger charge is -2.37. The van der Waals surface area contributed by atoms with E-state index in [-0.39, 0.29) is 57.2 Å². The third kappa shape index (κ3) is 6.13. The predicted octanol–water partition coefficient (Wildman–Crippen LogP) is 11.9. The van der Waals surface area contributed by atoms with Crippen molar-refractivity contribution in [3.63, 3.8) is 0 Å². The van der Waals surface area contributed by atoms with Gasteiger partial charge in [0, 0.05) is 22.5 Å². The van der Waals surface area contributed by atoms with Gasteiger partial charge in [0.05, 0.1) is 22.5 Å². The van der Waals surface area contributed by atoms with Gasteiger partial charge in [-0.1, -0.05) is 84.9 Å². The van der Waals surface area contributed by atoms with Gasteiger partial charge in [0.2, 0.25) is 0 Å². The van der Waals surface area contributed by atoms with E-state index in [0.717, 1.165) is 45.8 Å². The van der Waals surface area contributed by atoms with E-state index >= 15 is 0 Å². The van der Waals surface area contributed by atoms with Crippen LogP contribution in [0.25, 0.3) is 44.1 Å². The van der Waals surface area contributed by atoms with Crippen molar-refractivity contribution in [1.82, 2.24) is 19.9 Å². The Morgan fingerprint density at radius 3 is 1.10 bits per heavy atom. The van der Waals surface area contributed by atoms with Crippen molar-refractivity contribution in [2.24, 2.45) is 0 Å². The van der Waals surface area contributed by atoms with Gasteiger partial charge >= 0.3 is 12.4 Å². The highest BCUT2D eigenvalue weighted by Gasteiger charge is 2.39. The fraction of sp³-hybridized carbons (Fsp3) is 0.0455. The summed E-state index contributed by atoms with van der Waals surface area (Å²) >= 11 is 0. The Morgan fingerprint density at radius 2 is 0.759 bits per heavy atom. The molecule has 0 saturated carbocycles. The van der Waals surface area contributed by atoms with Crippen molar-refractivity contribution in [3.05, 3.63) is 156 Å². The molecule has 1 aliphatic heterocycles. The van der Waals surface area contributed by atoms with E-state index in [9.17, 15) is 36.9 Å². The number of benzene rings is 6. The van der Waals surface area contributed by atoms with Crippen molar-refractivity contribution in [2.75, 3.05) is 9.80 Å². The van der Waals surface area contributed by atoms with Gasteiger partial charge in [-0.05, 0) is 70.1 Å². The average Bonchev–Trinajstić information content (AvgIpc) is 3.23. The quantitative estimate of drug-likeness (QED) is 0.163. The second-order valence-corrected chi connectivity index (χ2v) is 13.2. The molecule has 3 heterocycles. The Labute approximate surface area is 325 Å². The summed E-state index contributed by atoms with van der Waals surface area (Å²) in [6, 6.07) is 38.5. The number of aromatic nitrogens is 4. The van der Waals surface area contributed by atoms with Crippen LogP contribution in [0.15, 0.2) is 133 Å². The normalized spacial score (nSPS) is 12.6. The number of hydrogen-bond donors (Lipinski definition) is 0. The van der Waals surface area contributed by atoms with Crippen LogP contribution in [-0.2, 0) is 12.4 Å². The van der Waals surface area contributed by atoms with Crippen molar-refractivity contribution in [1.29, 1.82) is 10.5 Å². The zero-order valence-electron chi connectivity index (χ0n) is 29.5. The molecule has 0 spiro atoms. The molecular formula is C44H22F6N8. The van der Waals surface area contributed by atoms with Crippen molar-refractivity contribution < 1.29 is 26.3 Å². The minimum Gasteiger partial charge on any atom is -0.273 e. The van der Waals surface area contributed by atoms with Crippen LogP contribution in [0.5, 0.6) is 0 Å². The fourth-order valence-electron chi connectivity index (χ4n) is 6.95. The molecule has 280 valence electrons. The number of nitriles is 2. The lowest BCUT2D eigenvalue weighted by atomic mass is 10.0. The molecule has 2 aromatic heterocycles. The van der Waals surface area contributed by atoms with Gasteiger partial charge in [0.15, 0.2) is 34.7 Å². The first-order chi connectivity index (χ1) is 27.9. The van der Waals surface area contributed by atoms with Gasteiger partial charge in [-0.15, -0.1) is 0 Å². The molecule has 0 radical (unpaired) electrons. The summed E-state index contributed by atoms with van der Waals surface area (Å²) in [7, 11) is 0. The standard InChI is InChI=1S/C44H22F6N8/c45-43(46,47)31-15-9-27(10-16-31)37-38(28-11-17-32(18-12-28)44(48,49)50)56-42-41(55-37)57(33-19-13-25-5-1-3-7-29(25)21-33)39-40(54-36(24-52)35(23-51)53-39)58(42)34-20-14-26-6-2-4-8-30(26)22-34/h1-22H. The molecule has 0 bridgehead atoms. The molecule has 0 amide bonds. The third-order valence-electron chi connectivity index (χ3n) is 9.73. The van der Waals surface area contributed by atoms with E-state index in [0.29, 0.717) is 11.4 Å². The molecule has 0 fully saturated rings. The number of fused-ring (bicyclic) bond motifs is 4. The summed E-state index contributed by atoms with van der Waals surface area (Å²) in [5, 5.41) is 23.7. The molecule has 14 heteroatoms. The van der Waals surface area contributed by atoms with Crippen LogP contribution >= 0.6 is 0 Å². The highest BCUT2D eigenvalue weighted by Crippen LogP contribution is 2.53. The van der Waals surface area contributed by atoms with Gasteiger partial charge in [0.25, 0.3) is 0 Å². The van der Waals surface area contributed by atoms with Crippen LogP contribution in [0.2, 0.25) is 0 Å². The minimum atomic E-state index is -4.65. The molecular weight excluding hydrogens is 755 g/mol. The van der Waals surface area contributed by atoms with E-state index < -0.39 is 23.5 Å². The SMILES string of the molecule is N#Cc1nc2c(nc1C#N)N(c1ccc3ccccc3c1)c1nc(-c3ccc(C(F)(F)F)cc3)c(-c3ccc(C(F)(F)F)cc3)nc1N2c1ccc2ccccc2c1. The van der Waals surface area contributed by atoms with Crippen LogP contribution in [0.4, 0.5) is 61.0 Å². The third-order valence-corrected chi connectivity index (χ3v) is 9.73. The number of hydrogen-bond acceptors (Lipinski definition) is 8. The summed E-state index contributed by atoms with van der Waals surface area (Å²) < 4.78 is 82.5. The van der Waals surface area contributed by atoms with E-state index in [1.54, 1.807) is 21.9 Å². The number of alkyl halides is 6. The van der Waals surface area contributed by atoms with Gasteiger partial charge in [-0.2, -0.15) is 36.9 Å². The van der Waals surface area contributed by atoms with Gasteiger partial charge in [-0.3, -0.25) is 9.80 Å². The number of nitrogens with zero attached hydrogens (tertiary/aromatic N) is 8. The van der Waals surface area contributed by atoms with Crippen molar-refractivity contribution in [3.8, 4) is 34.7 Å². The summed E-state index contributed by atoms with van der Waals surface area (Å²) in [5.74, 6) is 0.372. The van der Waals surface area contributed by atoms with E-state index in [4.69, 9.17) is 9.97 Å². The maximum Gasteiger partial charge on any atom is 0.416 e. The first-order valence-electron chi connectivity index (χ1n) is 17.5. The van der Waals surface area contributed by atoms with E-state index in [1.807, 2.05) is 84.9 Å². The maximum absolute atomic E-state index is 13.7. The Bertz CT molecular complexity index is 2820. The Kier molecular flexibility index (Phi) is 8.29. The molecule has 0 N–H and O–H groups in total. The smallest absolute Gasteiger partial charge is 0.273 e. The van der Waals surface area contributed by atoms with Crippen LogP contribution in [0.3, 0.4) is 0 Å². The van der Waals surface area contributed by atoms with Gasteiger partial charge in [-0.25, -0.2) is 19.9 Å². The summed E-state index contributed by atoms with van der Waals surface area (Å²) in [6.07, 6.45) is -9.29. The molecule has 0 unspecified atom stereocenters. The summed E-state index contributed by atoms with van der Waals surface area (Å²) in [4.78, 5) is 22.7. The van der Waals surface area contributed by atoms with Crippen molar-refractivity contribution >= 4 is 56.2 Å². The molecule has 0 atom stereocenters. The van der Waals surface area contributed by atoms with Gasteiger partial charge < -0.3 is 0 Å². The molecule has 58 heavy (non-hydrogen) atoms. The number of rotatable bonds is 4. The van der Waals surface area contributed by atoms with Crippen LogP contribution < -0.4 is 9.80 Å². The molecule has 8 aromatic rings. The largest absolute Gasteiger partial charge is 0.416 e. The highest BCUT2D eigenvalue weighted by molar-refractivity contribution is 6.01. The zero-order valence-corrected chi connectivity index (χ0v) is 29.5. The molecule has 9 rings (SSSR count). The monoisotopic (exact) mass is 776 g/mol. The lowest BCUT2D eigenvalue weighted by Crippen LogP contribution is -2.29. The zero-order chi connectivity index (χ0) is 40.3. The van der Waals surface area contributed by atoms with E-state index in [2.05, 4.69) is 9.97 Å². The van der Waals surface area contributed by atoms with Crippen LogP contribution in [0, 0.1) is 22.7 Å². The Hall–Kier alpha value is -7.84. The number of anilines is 6. The maximum atomic E-state index is 13.7. The van der Waals surface area contributed by atoms with Crippen LogP contribution in [-0.4, -0.2) is 19.9 Å². The van der Waals surface area contributed by atoms with Crippen molar-refractivity contribution in [2.45, 2.75) is 12.4 Å². The number of halogens is 6. The second-order valence-electron chi connectivity index (χ2n) is 13.2. The lowest BCUT2D eigenvalue weighted by molar-refractivity contribution is -0.138. The fourth-order valence-corrected chi connectivity index (χ4v) is 6.95. The Morgan fingerprint density at radius 1 is 0.414 bits per heavy atom. The molecule has 0 aliphatic carbocycles. The first kappa shape index (κ1) is 35.8. The molecule has 0 saturated heterocycles. The minimum absolute atomic E-state index is 0.0436. The topological polar surface area (TPSA) is 106 Å². The summed E-state index contributed by atoms with van der Waals surface area (Å²) in [5.41, 5.74) is -0.956. The predicted molar refractivity (Wildman–Crippen MR) is 206 cm³/mol. The average molecular weight is 777 g/mol. The molecule has 6 aromatic carbocycles. The Balaban J connectivity index is 1.39.